The molecule has 1 amide bonds. The minimum absolute atomic E-state index is 0.0360. The molecule has 7 nitrogen and oxygen atoms in total. The number of rotatable bonds is 6. The van der Waals surface area contributed by atoms with Crippen LogP contribution in [0.3, 0.4) is 0 Å². The number of amides is 1. The SMILES string of the molecule is C=C(C#N)CN(C(=O)OC(C)(C)C)c1c(OC)ccc2ccc(-c3ccc(NS)cn3)cc12. The lowest BCUT2D eigenvalue weighted by molar-refractivity contribution is 0.0583. The molecule has 0 radical (unpaired) electrons. The number of hydrogen-bond acceptors (Lipinski definition) is 7. The van der Waals surface area contributed by atoms with Crippen LogP contribution >= 0.6 is 12.8 Å². The van der Waals surface area contributed by atoms with E-state index < -0.39 is 11.7 Å². The second-order valence-electron chi connectivity index (χ2n) is 8.38. The summed E-state index contributed by atoms with van der Waals surface area (Å²) in [6.45, 7) is 9.09. The number of ether oxygens (including phenoxy) is 2. The maximum atomic E-state index is 13.2. The monoisotopic (exact) mass is 462 g/mol. The molecule has 3 rings (SSSR count). The molecule has 0 spiro atoms. The molecule has 0 aliphatic rings. The number of aromatic nitrogens is 1. The minimum Gasteiger partial charge on any atom is -0.495 e. The molecule has 0 saturated carbocycles. The number of hydrogen-bond donors (Lipinski definition) is 2. The first kappa shape index (κ1) is 24.0. The number of nitriles is 1. The number of nitrogens with zero attached hydrogens (tertiary/aromatic N) is 3. The van der Waals surface area contributed by atoms with Crippen LogP contribution in [0.25, 0.3) is 22.0 Å². The lowest BCUT2D eigenvalue weighted by Gasteiger charge is -2.29. The van der Waals surface area contributed by atoms with Crippen LogP contribution in [0.2, 0.25) is 0 Å². The van der Waals surface area contributed by atoms with Crippen LogP contribution in [-0.2, 0) is 4.74 Å². The first-order valence-electron chi connectivity index (χ1n) is 10.2. The predicted molar refractivity (Wildman–Crippen MR) is 135 cm³/mol. The fourth-order valence-corrected chi connectivity index (χ4v) is 3.43. The average molecular weight is 463 g/mol. The van der Waals surface area contributed by atoms with E-state index in [1.807, 2.05) is 42.5 Å². The van der Waals surface area contributed by atoms with Crippen molar-refractivity contribution in [3.8, 4) is 23.1 Å². The molecule has 170 valence electrons. The Morgan fingerprint density at radius 1 is 1.24 bits per heavy atom. The van der Waals surface area contributed by atoms with Crippen molar-refractivity contribution in [3.05, 3.63) is 60.8 Å². The van der Waals surface area contributed by atoms with Crippen molar-refractivity contribution in [2.45, 2.75) is 26.4 Å². The third-order valence-corrected chi connectivity index (χ3v) is 5.01. The Balaban J connectivity index is 2.22. The van der Waals surface area contributed by atoms with E-state index in [9.17, 15) is 10.1 Å². The van der Waals surface area contributed by atoms with Crippen molar-refractivity contribution < 1.29 is 14.3 Å². The third kappa shape index (κ3) is 5.57. The van der Waals surface area contributed by atoms with Gasteiger partial charge in [-0.05, 0) is 50.4 Å². The summed E-state index contributed by atoms with van der Waals surface area (Å²) in [5.74, 6) is 0.471. The highest BCUT2D eigenvalue weighted by molar-refractivity contribution is 7.81. The number of nitrogens with one attached hydrogen (secondary N) is 1. The summed E-state index contributed by atoms with van der Waals surface area (Å²) < 4.78 is 14.0. The fraction of sp³-hybridized carbons (Fsp3) is 0.240. The molecule has 8 heteroatoms. The molecular weight excluding hydrogens is 436 g/mol. The van der Waals surface area contributed by atoms with Crippen LogP contribution in [0.5, 0.6) is 5.75 Å². The second kappa shape index (κ2) is 9.84. The Labute approximate surface area is 199 Å². The number of thiol groups is 1. The number of carbonyl (C=O) groups is 1. The molecule has 0 saturated heterocycles. The van der Waals surface area contributed by atoms with Gasteiger partial charge in [0.1, 0.15) is 11.4 Å². The van der Waals surface area contributed by atoms with Gasteiger partial charge in [-0.25, -0.2) is 4.79 Å². The van der Waals surface area contributed by atoms with Crippen LogP contribution in [0.1, 0.15) is 20.8 Å². The highest BCUT2D eigenvalue weighted by atomic mass is 32.1. The molecule has 0 atom stereocenters. The highest BCUT2D eigenvalue weighted by Crippen LogP contribution is 2.39. The Bertz CT molecular complexity index is 1230. The molecule has 2 aromatic carbocycles. The molecule has 1 aromatic heterocycles. The smallest absolute Gasteiger partial charge is 0.415 e. The average Bonchev–Trinajstić information content (AvgIpc) is 2.80. The van der Waals surface area contributed by atoms with Gasteiger partial charge >= 0.3 is 6.09 Å². The topological polar surface area (TPSA) is 87.5 Å². The van der Waals surface area contributed by atoms with Crippen LogP contribution in [-0.4, -0.2) is 30.3 Å². The van der Waals surface area contributed by atoms with Gasteiger partial charge in [-0.2, -0.15) is 5.26 Å². The lowest BCUT2D eigenvalue weighted by atomic mass is 10.0. The second-order valence-corrected chi connectivity index (χ2v) is 8.60. The largest absolute Gasteiger partial charge is 0.495 e. The van der Waals surface area contributed by atoms with Crippen LogP contribution < -0.4 is 14.4 Å². The maximum absolute atomic E-state index is 13.2. The summed E-state index contributed by atoms with van der Waals surface area (Å²) in [4.78, 5) is 19.1. The number of fused-ring (bicyclic) bond motifs is 1. The van der Waals surface area contributed by atoms with Crippen LogP contribution in [0.4, 0.5) is 16.2 Å². The van der Waals surface area contributed by atoms with Gasteiger partial charge in [0.2, 0.25) is 0 Å². The fourth-order valence-electron chi connectivity index (χ4n) is 3.30. The first-order chi connectivity index (χ1) is 15.7. The van der Waals surface area contributed by atoms with E-state index in [-0.39, 0.29) is 12.1 Å². The molecule has 0 bridgehead atoms. The molecule has 3 aromatic rings. The van der Waals surface area contributed by atoms with Crippen molar-refractivity contribution in [2.75, 3.05) is 23.3 Å². The minimum atomic E-state index is -0.723. The van der Waals surface area contributed by atoms with Gasteiger partial charge < -0.3 is 14.2 Å². The van der Waals surface area contributed by atoms with Gasteiger partial charge in [-0.3, -0.25) is 9.88 Å². The predicted octanol–water partition coefficient (Wildman–Crippen LogP) is 5.99. The summed E-state index contributed by atoms with van der Waals surface area (Å²) >= 11 is 4.04. The van der Waals surface area contributed by atoms with Gasteiger partial charge in [0.25, 0.3) is 0 Å². The standard InChI is InChI=1S/C25H26N4O3S/c1-16(13-26)15-29(24(30)32-25(2,3)4)23-20-12-18(21-10-9-19(28-33)14-27-21)7-6-17(20)8-11-22(23)31-5/h6-12,14,28,33H,1,15H2,2-5H3. The van der Waals surface area contributed by atoms with Gasteiger partial charge in [-0.15, -0.1) is 0 Å². The Morgan fingerprint density at radius 2 is 1.97 bits per heavy atom. The van der Waals surface area contributed by atoms with E-state index in [2.05, 4.69) is 29.1 Å². The number of anilines is 2. The van der Waals surface area contributed by atoms with Crippen molar-refractivity contribution in [3.63, 3.8) is 0 Å². The summed E-state index contributed by atoms with van der Waals surface area (Å²) in [6, 6.07) is 15.3. The van der Waals surface area contributed by atoms with Gasteiger partial charge in [0, 0.05) is 16.5 Å². The third-order valence-electron chi connectivity index (χ3n) is 4.76. The van der Waals surface area contributed by atoms with Gasteiger partial charge in [0.15, 0.2) is 0 Å². The quantitative estimate of drug-likeness (QED) is 0.346. The van der Waals surface area contributed by atoms with Crippen LogP contribution in [0.15, 0.2) is 60.8 Å². The van der Waals surface area contributed by atoms with E-state index in [0.29, 0.717) is 11.4 Å². The molecule has 1 heterocycles. The zero-order chi connectivity index (χ0) is 24.2. The molecule has 0 fully saturated rings. The van der Waals surface area contributed by atoms with Gasteiger partial charge in [-0.1, -0.05) is 37.6 Å². The van der Waals surface area contributed by atoms with Gasteiger partial charge in [0.05, 0.1) is 43.0 Å². The number of benzene rings is 2. The van der Waals surface area contributed by atoms with E-state index in [1.165, 1.54) is 12.0 Å². The maximum Gasteiger partial charge on any atom is 0.415 e. The Kier molecular flexibility index (Phi) is 7.14. The van der Waals surface area contributed by atoms with Crippen molar-refractivity contribution in [1.82, 2.24) is 4.98 Å². The zero-order valence-electron chi connectivity index (χ0n) is 19.0. The molecule has 0 aliphatic carbocycles. The molecule has 1 N–H and O–H groups in total. The van der Waals surface area contributed by atoms with Crippen molar-refractivity contribution >= 4 is 41.1 Å². The van der Waals surface area contributed by atoms with E-state index in [1.54, 1.807) is 33.0 Å². The van der Waals surface area contributed by atoms with Crippen molar-refractivity contribution in [2.24, 2.45) is 0 Å². The number of methoxy groups -OCH3 is 1. The molecule has 0 aliphatic heterocycles. The highest BCUT2D eigenvalue weighted by Gasteiger charge is 2.28. The van der Waals surface area contributed by atoms with E-state index in [0.717, 1.165) is 27.7 Å². The summed E-state index contributed by atoms with van der Waals surface area (Å²) in [7, 11) is 1.53. The number of carbonyl (C=O) groups excluding carboxylic acids is 1. The first-order valence-corrected chi connectivity index (χ1v) is 10.7. The molecule has 0 unspecified atom stereocenters. The Hall–Kier alpha value is -3.70. The lowest BCUT2D eigenvalue weighted by Crippen LogP contribution is -2.38. The van der Waals surface area contributed by atoms with E-state index in [4.69, 9.17) is 9.47 Å². The van der Waals surface area contributed by atoms with Crippen LogP contribution in [0, 0.1) is 11.3 Å². The van der Waals surface area contributed by atoms with E-state index >= 15 is 0 Å². The summed E-state index contributed by atoms with van der Waals surface area (Å²) in [5.41, 5.74) is 2.37. The summed E-state index contributed by atoms with van der Waals surface area (Å²) in [5, 5.41) is 11.0. The molecular formula is C25H26N4O3S. The summed E-state index contributed by atoms with van der Waals surface area (Å²) in [6.07, 6.45) is 1.08. The van der Waals surface area contributed by atoms with Crippen molar-refractivity contribution in [1.29, 1.82) is 5.26 Å². The normalized spacial score (nSPS) is 10.9. The zero-order valence-corrected chi connectivity index (χ0v) is 19.9. The number of pyridine rings is 1. The molecule has 33 heavy (non-hydrogen) atoms. The Morgan fingerprint density at radius 3 is 2.55 bits per heavy atom.